The molecule has 0 aliphatic rings. The van der Waals surface area contributed by atoms with Gasteiger partial charge in [0.25, 0.3) is 10.0 Å². The maximum Gasteiger partial charge on any atom is 0.460 e. The number of primary sulfonamides is 1. The molecule has 0 spiro atoms. The summed E-state index contributed by atoms with van der Waals surface area (Å²) < 4.78 is 127. The topological polar surface area (TPSA) is 123 Å². The molecule has 0 saturated carbocycles. The Morgan fingerprint density at radius 3 is 1.24 bits per heavy atom. The molecular weight excluding hydrogens is 355 g/mol. The van der Waals surface area contributed by atoms with Crippen LogP contribution in [0.3, 0.4) is 0 Å². The van der Waals surface area contributed by atoms with Gasteiger partial charge in [0.1, 0.15) is 0 Å². The first-order valence-corrected chi connectivity index (χ1v) is 5.49. The van der Waals surface area contributed by atoms with Crippen LogP contribution in [0, 0.1) is 0 Å². The fourth-order valence-electron chi connectivity index (χ4n) is 0.539. The number of rotatable bonds is 3. The summed E-state index contributed by atoms with van der Waals surface area (Å²) >= 11 is 0. The highest BCUT2D eigenvalue weighted by Crippen LogP contribution is 2.54. The summed E-state index contributed by atoms with van der Waals surface area (Å²) in [6.07, 6.45) is -8.41. The van der Waals surface area contributed by atoms with E-state index in [9.17, 15) is 47.9 Å². The SMILES string of the molecule is NC(=O)O.NS(=O)(=O)C(F)(F)C(F)(F)C(F)(F)C(F)(F)F. The van der Waals surface area contributed by atoms with Gasteiger partial charge in [-0.3, -0.25) is 0 Å². The molecule has 0 atom stereocenters. The number of hydrogen-bond donors (Lipinski definition) is 3. The van der Waals surface area contributed by atoms with Crippen molar-refractivity contribution in [2.24, 2.45) is 10.9 Å². The Morgan fingerprint density at radius 1 is 0.857 bits per heavy atom. The molecule has 0 bridgehead atoms. The summed E-state index contributed by atoms with van der Waals surface area (Å²) in [5.41, 5.74) is 4.03. The van der Waals surface area contributed by atoms with Gasteiger partial charge in [0.15, 0.2) is 0 Å². The van der Waals surface area contributed by atoms with Crippen molar-refractivity contribution in [2.75, 3.05) is 0 Å². The summed E-state index contributed by atoms with van der Waals surface area (Å²) in [4.78, 5) is 8.78. The van der Waals surface area contributed by atoms with E-state index in [1.165, 1.54) is 0 Å². The van der Waals surface area contributed by atoms with E-state index in [0.717, 1.165) is 0 Å². The van der Waals surface area contributed by atoms with Gasteiger partial charge in [-0.15, -0.1) is 0 Å². The number of amides is 1. The molecule has 0 rings (SSSR count). The number of nitrogens with two attached hydrogens (primary N) is 2. The highest BCUT2D eigenvalue weighted by atomic mass is 32.2. The molecule has 16 heteroatoms. The number of carbonyl (C=O) groups is 1. The van der Waals surface area contributed by atoms with Gasteiger partial charge in [-0.1, -0.05) is 0 Å². The van der Waals surface area contributed by atoms with Crippen LogP contribution in [-0.4, -0.2) is 42.9 Å². The lowest BCUT2D eigenvalue weighted by atomic mass is 10.1. The zero-order chi connectivity index (χ0) is 18.1. The second kappa shape index (κ2) is 5.74. The molecule has 21 heavy (non-hydrogen) atoms. The summed E-state index contributed by atoms with van der Waals surface area (Å²) in [5, 5.41) is 3.90. The average molecular weight is 360 g/mol. The van der Waals surface area contributed by atoms with E-state index in [1.54, 1.807) is 0 Å². The first-order chi connectivity index (χ1) is 8.73. The molecule has 1 amide bonds. The Labute approximate surface area is 109 Å². The van der Waals surface area contributed by atoms with Crippen LogP contribution >= 0.6 is 0 Å². The summed E-state index contributed by atoms with van der Waals surface area (Å²) in [6.45, 7) is 0. The molecule has 5 N–H and O–H groups in total. The van der Waals surface area contributed by atoms with Gasteiger partial charge in [0.2, 0.25) is 0 Å². The average Bonchev–Trinajstić information content (AvgIpc) is 2.12. The van der Waals surface area contributed by atoms with Gasteiger partial charge in [-0.05, 0) is 0 Å². The van der Waals surface area contributed by atoms with E-state index in [-0.39, 0.29) is 0 Å². The third-order valence-corrected chi connectivity index (χ3v) is 2.44. The van der Waals surface area contributed by atoms with E-state index in [4.69, 9.17) is 9.90 Å². The lowest BCUT2D eigenvalue weighted by Gasteiger charge is -2.32. The number of halogens is 9. The van der Waals surface area contributed by atoms with Gasteiger partial charge in [0, 0.05) is 0 Å². The van der Waals surface area contributed by atoms with Crippen molar-refractivity contribution in [1.82, 2.24) is 0 Å². The predicted molar refractivity (Wildman–Crippen MR) is 46.2 cm³/mol. The lowest BCUT2D eigenvalue weighted by molar-refractivity contribution is -0.382. The Hall–Kier alpha value is -1.45. The minimum atomic E-state index is -7.27. The lowest BCUT2D eigenvalue weighted by Crippen LogP contribution is -2.64. The zero-order valence-corrected chi connectivity index (χ0v) is 9.95. The molecule has 0 saturated heterocycles. The smallest absolute Gasteiger partial charge is 0.460 e. The number of carboxylic acid groups (broad SMARTS) is 1. The first-order valence-electron chi connectivity index (χ1n) is 3.94. The molecule has 0 heterocycles. The van der Waals surface area contributed by atoms with Crippen LogP contribution in [0.25, 0.3) is 0 Å². The fourth-order valence-corrected chi connectivity index (χ4v) is 1.02. The minimum absolute atomic E-state index is 1.33. The van der Waals surface area contributed by atoms with Crippen molar-refractivity contribution in [3.8, 4) is 0 Å². The quantitative estimate of drug-likeness (QED) is 0.657. The number of alkyl halides is 9. The van der Waals surface area contributed by atoms with E-state index in [2.05, 4.69) is 10.9 Å². The summed E-state index contributed by atoms with van der Waals surface area (Å²) in [7, 11) is -6.67. The zero-order valence-electron chi connectivity index (χ0n) is 9.14. The molecule has 0 radical (unpaired) electrons. The van der Waals surface area contributed by atoms with Crippen molar-refractivity contribution in [2.45, 2.75) is 23.3 Å². The van der Waals surface area contributed by atoms with Crippen molar-refractivity contribution < 1.29 is 57.8 Å². The number of hydrogen-bond acceptors (Lipinski definition) is 3. The van der Waals surface area contributed by atoms with Crippen molar-refractivity contribution in [3.63, 3.8) is 0 Å². The molecule has 0 fully saturated rings. The number of primary amides is 1. The fraction of sp³-hybridized carbons (Fsp3) is 0.800. The van der Waals surface area contributed by atoms with Gasteiger partial charge < -0.3 is 10.8 Å². The van der Waals surface area contributed by atoms with Gasteiger partial charge in [-0.2, -0.15) is 39.5 Å². The second-order valence-corrected chi connectivity index (χ2v) is 4.65. The molecule has 128 valence electrons. The van der Waals surface area contributed by atoms with Crippen LogP contribution < -0.4 is 10.9 Å². The largest absolute Gasteiger partial charge is 0.465 e. The van der Waals surface area contributed by atoms with Crippen LogP contribution in [0.1, 0.15) is 0 Å². The second-order valence-electron chi connectivity index (χ2n) is 3.05. The predicted octanol–water partition coefficient (Wildman–Crippen LogP) is 1.32. The van der Waals surface area contributed by atoms with Crippen molar-refractivity contribution in [3.05, 3.63) is 0 Å². The minimum Gasteiger partial charge on any atom is -0.465 e. The molecule has 0 aliphatic heterocycles. The maximum absolute atomic E-state index is 12.3. The molecule has 0 aliphatic carbocycles. The highest BCUT2D eigenvalue weighted by molar-refractivity contribution is 7.90. The molecule has 0 unspecified atom stereocenters. The van der Waals surface area contributed by atoms with E-state index in [1.807, 2.05) is 0 Å². The van der Waals surface area contributed by atoms with Crippen LogP contribution in [0.4, 0.5) is 44.3 Å². The Bertz CT molecular complexity index is 481. The van der Waals surface area contributed by atoms with E-state index < -0.39 is 39.4 Å². The third kappa shape index (κ3) is 4.26. The van der Waals surface area contributed by atoms with Gasteiger partial charge in [-0.25, -0.2) is 18.4 Å². The Balaban J connectivity index is 0. The van der Waals surface area contributed by atoms with E-state index >= 15 is 0 Å². The van der Waals surface area contributed by atoms with Gasteiger partial charge >= 0.3 is 29.4 Å². The molecule has 6 nitrogen and oxygen atoms in total. The number of sulfonamides is 1. The monoisotopic (exact) mass is 360 g/mol. The van der Waals surface area contributed by atoms with Crippen LogP contribution in [0.15, 0.2) is 0 Å². The Kier molecular flexibility index (Phi) is 5.97. The van der Waals surface area contributed by atoms with Crippen LogP contribution in [0.2, 0.25) is 0 Å². The first kappa shape index (κ1) is 21.8. The Morgan fingerprint density at radius 2 is 1.10 bits per heavy atom. The van der Waals surface area contributed by atoms with Crippen LogP contribution in [0.5, 0.6) is 0 Å². The van der Waals surface area contributed by atoms with Crippen molar-refractivity contribution in [1.29, 1.82) is 0 Å². The van der Waals surface area contributed by atoms with Crippen LogP contribution in [-0.2, 0) is 10.0 Å². The molecule has 0 aromatic carbocycles. The van der Waals surface area contributed by atoms with E-state index in [0.29, 0.717) is 0 Å². The van der Waals surface area contributed by atoms with Crippen molar-refractivity contribution >= 4 is 16.1 Å². The summed E-state index contributed by atoms with van der Waals surface area (Å²) in [6, 6.07) is 0. The maximum atomic E-state index is 12.3. The molecule has 0 aromatic heterocycles. The third-order valence-electron chi connectivity index (χ3n) is 1.47. The highest BCUT2D eigenvalue weighted by Gasteiger charge is 2.85. The van der Waals surface area contributed by atoms with Gasteiger partial charge in [0.05, 0.1) is 0 Å². The standard InChI is InChI=1S/C4H2F9NO2S.CH3NO2/c5-1(6,3(9,10)11)2(7,8)4(12,13)17(14,15)16;2-1(3)4/h(H2,14,15,16);2H2,(H,3,4). The normalized spacial score (nSPS) is 14.2. The molecule has 0 aromatic rings. The summed E-state index contributed by atoms with van der Waals surface area (Å²) in [5.74, 6) is -14.5. The molecular formula is C5H5F9N2O4S.